The fraction of sp³-hybridized carbons (Fsp3) is 0.500. The van der Waals surface area contributed by atoms with Gasteiger partial charge in [-0.15, -0.1) is 0 Å². The number of ether oxygens (including phenoxy) is 1. The second-order valence-corrected chi connectivity index (χ2v) is 4.00. The number of Topliss-reactive ketones (excluding diaryl/α,β-unsaturated/α-hetero) is 1. The van der Waals surface area contributed by atoms with Gasteiger partial charge >= 0.3 is 5.97 Å². The molecule has 98 valence electrons. The number of aromatic nitrogens is 2. The first kappa shape index (κ1) is 14.1. The molecule has 0 fully saturated rings. The van der Waals surface area contributed by atoms with E-state index < -0.39 is 11.9 Å². The molecule has 0 aliphatic rings. The molecule has 1 aromatic rings. The van der Waals surface area contributed by atoms with Crippen LogP contribution >= 0.6 is 0 Å². The molecule has 0 amide bonds. The van der Waals surface area contributed by atoms with E-state index in [2.05, 4.69) is 9.97 Å². The van der Waals surface area contributed by atoms with Crippen LogP contribution in [0, 0.1) is 5.92 Å². The number of hydrogen-bond donors (Lipinski definition) is 0. The van der Waals surface area contributed by atoms with E-state index in [0.29, 0.717) is 11.5 Å². The lowest BCUT2D eigenvalue weighted by atomic mass is 10.0. The normalized spacial score (nSPS) is 11.8. The van der Waals surface area contributed by atoms with Crippen molar-refractivity contribution in [1.29, 1.82) is 0 Å². The fourth-order valence-corrected chi connectivity index (χ4v) is 1.30. The molecule has 18 heavy (non-hydrogen) atoms. The maximum Gasteiger partial charge on any atom is 0.316 e. The molecule has 1 heterocycles. The Labute approximate surface area is 106 Å². The minimum atomic E-state index is -0.834. The van der Waals surface area contributed by atoms with Crippen LogP contribution in [0.4, 0.5) is 5.95 Å². The van der Waals surface area contributed by atoms with E-state index in [4.69, 9.17) is 4.74 Å². The predicted molar refractivity (Wildman–Crippen MR) is 66.5 cm³/mol. The number of esters is 1. The van der Waals surface area contributed by atoms with Crippen LogP contribution in [0.25, 0.3) is 0 Å². The lowest BCUT2D eigenvalue weighted by Gasteiger charge is -2.11. The molecule has 0 saturated carbocycles. The molecule has 0 spiro atoms. The standard InChI is InChI=1S/C12H17N3O3/c1-5-18-11(17)8(2)10(16)9-6-13-12(14-7-9)15(3)4/h6-8H,5H2,1-4H3. The number of ketones is 1. The van der Waals surface area contributed by atoms with Crippen molar-refractivity contribution in [2.75, 3.05) is 25.6 Å². The summed E-state index contributed by atoms with van der Waals surface area (Å²) in [5.74, 6) is -1.19. The van der Waals surface area contributed by atoms with Crippen LogP contribution in [-0.2, 0) is 9.53 Å². The number of carbonyl (C=O) groups is 2. The van der Waals surface area contributed by atoms with E-state index in [1.54, 1.807) is 25.9 Å². The Bertz CT molecular complexity index is 429. The van der Waals surface area contributed by atoms with Gasteiger partial charge in [-0.2, -0.15) is 0 Å². The number of hydrogen-bond acceptors (Lipinski definition) is 6. The summed E-state index contributed by atoms with van der Waals surface area (Å²) in [5.41, 5.74) is 0.307. The second-order valence-electron chi connectivity index (χ2n) is 4.00. The second kappa shape index (κ2) is 6.09. The van der Waals surface area contributed by atoms with E-state index in [1.165, 1.54) is 19.3 Å². The van der Waals surface area contributed by atoms with Gasteiger partial charge in [-0.1, -0.05) is 0 Å². The fourth-order valence-electron chi connectivity index (χ4n) is 1.30. The van der Waals surface area contributed by atoms with Crippen molar-refractivity contribution in [3.05, 3.63) is 18.0 Å². The highest BCUT2D eigenvalue weighted by atomic mass is 16.5. The highest BCUT2D eigenvalue weighted by Gasteiger charge is 2.24. The topological polar surface area (TPSA) is 72.4 Å². The summed E-state index contributed by atoms with van der Waals surface area (Å²) in [4.78, 5) is 33.2. The molecule has 0 bridgehead atoms. The van der Waals surface area contributed by atoms with Crippen molar-refractivity contribution in [2.24, 2.45) is 5.92 Å². The minimum absolute atomic E-state index is 0.256. The molecule has 0 aromatic carbocycles. The minimum Gasteiger partial charge on any atom is -0.465 e. The Balaban J connectivity index is 2.81. The summed E-state index contributed by atoms with van der Waals surface area (Å²) in [6.07, 6.45) is 2.83. The van der Waals surface area contributed by atoms with Gasteiger partial charge in [0.05, 0.1) is 12.2 Å². The summed E-state index contributed by atoms with van der Waals surface area (Å²) in [7, 11) is 3.61. The average molecular weight is 251 g/mol. The third-order valence-electron chi connectivity index (χ3n) is 2.36. The van der Waals surface area contributed by atoms with Gasteiger partial charge in [0.15, 0.2) is 5.78 Å². The zero-order valence-corrected chi connectivity index (χ0v) is 11.0. The van der Waals surface area contributed by atoms with Gasteiger partial charge in [-0.25, -0.2) is 9.97 Å². The number of nitrogens with zero attached hydrogens (tertiary/aromatic N) is 3. The summed E-state index contributed by atoms with van der Waals surface area (Å²) >= 11 is 0. The smallest absolute Gasteiger partial charge is 0.316 e. The summed E-state index contributed by atoms with van der Waals surface area (Å²) in [6, 6.07) is 0. The summed E-state index contributed by atoms with van der Waals surface area (Å²) in [5, 5.41) is 0. The van der Waals surface area contributed by atoms with Gasteiger partial charge < -0.3 is 9.64 Å². The quantitative estimate of drug-likeness (QED) is 0.440. The SMILES string of the molecule is CCOC(=O)C(C)C(=O)c1cnc(N(C)C)nc1. The Morgan fingerprint density at radius 2 is 1.89 bits per heavy atom. The van der Waals surface area contributed by atoms with Crippen LogP contribution in [0.3, 0.4) is 0 Å². The van der Waals surface area contributed by atoms with Gasteiger partial charge in [0.1, 0.15) is 5.92 Å². The van der Waals surface area contributed by atoms with Crippen LogP contribution < -0.4 is 4.90 Å². The first-order valence-corrected chi connectivity index (χ1v) is 5.67. The van der Waals surface area contributed by atoms with Gasteiger partial charge in [0, 0.05) is 26.5 Å². The summed E-state index contributed by atoms with van der Waals surface area (Å²) < 4.78 is 4.80. The number of carbonyl (C=O) groups excluding carboxylic acids is 2. The highest BCUT2D eigenvalue weighted by Crippen LogP contribution is 2.10. The van der Waals surface area contributed by atoms with Crippen molar-refractivity contribution in [1.82, 2.24) is 9.97 Å². The van der Waals surface area contributed by atoms with Crippen molar-refractivity contribution in [2.45, 2.75) is 13.8 Å². The Kier molecular flexibility index (Phi) is 4.76. The molecule has 0 saturated heterocycles. The van der Waals surface area contributed by atoms with Gasteiger partial charge in [-0.3, -0.25) is 9.59 Å². The van der Waals surface area contributed by atoms with Gasteiger partial charge in [0.25, 0.3) is 0 Å². The van der Waals surface area contributed by atoms with E-state index >= 15 is 0 Å². The number of anilines is 1. The molecule has 1 atom stereocenters. The van der Waals surface area contributed by atoms with E-state index in [1.807, 2.05) is 0 Å². The summed E-state index contributed by atoms with van der Waals surface area (Å²) in [6.45, 7) is 3.47. The molecule has 6 nitrogen and oxygen atoms in total. The average Bonchev–Trinajstić information content (AvgIpc) is 2.37. The van der Waals surface area contributed by atoms with Crippen LogP contribution in [0.1, 0.15) is 24.2 Å². The maximum absolute atomic E-state index is 11.9. The Morgan fingerprint density at radius 1 is 1.33 bits per heavy atom. The lowest BCUT2D eigenvalue weighted by molar-refractivity contribution is -0.145. The zero-order chi connectivity index (χ0) is 13.7. The van der Waals surface area contributed by atoms with Crippen LogP contribution in [-0.4, -0.2) is 42.4 Å². The molecular formula is C12H17N3O3. The largest absolute Gasteiger partial charge is 0.465 e. The van der Waals surface area contributed by atoms with E-state index in [9.17, 15) is 9.59 Å². The Morgan fingerprint density at radius 3 is 2.33 bits per heavy atom. The monoisotopic (exact) mass is 251 g/mol. The molecule has 6 heteroatoms. The molecule has 0 aliphatic carbocycles. The first-order valence-electron chi connectivity index (χ1n) is 5.67. The third-order valence-corrected chi connectivity index (χ3v) is 2.36. The molecular weight excluding hydrogens is 234 g/mol. The molecule has 1 unspecified atom stereocenters. The lowest BCUT2D eigenvalue weighted by Crippen LogP contribution is -2.24. The van der Waals surface area contributed by atoms with Gasteiger partial charge in [0.2, 0.25) is 5.95 Å². The molecule has 0 radical (unpaired) electrons. The zero-order valence-electron chi connectivity index (χ0n) is 11.0. The highest BCUT2D eigenvalue weighted by molar-refractivity contribution is 6.08. The van der Waals surface area contributed by atoms with E-state index in [0.717, 1.165) is 0 Å². The van der Waals surface area contributed by atoms with Crippen LogP contribution in [0.15, 0.2) is 12.4 Å². The predicted octanol–water partition coefficient (Wildman–Crippen LogP) is 0.924. The van der Waals surface area contributed by atoms with Crippen molar-refractivity contribution in [3.63, 3.8) is 0 Å². The number of rotatable bonds is 5. The van der Waals surface area contributed by atoms with Crippen LogP contribution in [0.2, 0.25) is 0 Å². The first-order chi connectivity index (χ1) is 8.47. The van der Waals surface area contributed by atoms with Crippen molar-refractivity contribution < 1.29 is 14.3 Å². The molecule has 0 aliphatic heterocycles. The third kappa shape index (κ3) is 3.26. The van der Waals surface area contributed by atoms with Crippen LogP contribution in [0.5, 0.6) is 0 Å². The molecule has 1 rings (SSSR count). The Hall–Kier alpha value is -1.98. The van der Waals surface area contributed by atoms with E-state index in [-0.39, 0.29) is 12.4 Å². The van der Waals surface area contributed by atoms with Crippen molar-refractivity contribution in [3.8, 4) is 0 Å². The molecule has 0 N–H and O–H groups in total. The molecule has 1 aromatic heterocycles. The van der Waals surface area contributed by atoms with Crippen molar-refractivity contribution >= 4 is 17.7 Å². The van der Waals surface area contributed by atoms with Gasteiger partial charge in [-0.05, 0) is 13.8 Å². The maximum atomic E-state index is 11.9.